The van der Waals surface area contributed by atoms with Crippen molar-refractivity contribution in [2.45, 2.75) is 19.1 Å². The summed E-state index contributed by atoms with van der Waals surface area (Å²) >= 11 is 0. The summed E-state index contributed by atoms with van der Waals surface area (Å²) in [4.78, 5) is 13.0. The summed E-state index contributed by atoms with van der Waals surface area (Å²) in [5.74, 6) is 0.701. The van der Waals surface area contributed by atoms with E-state index in [9.17, 15) is 9.90 Å². The minimum Gasteiger partial charge on any atom is -0.491 e. The number of rotatable bonds is 9. The van der Waals surface area contributed by atoms with Crippen molar-refractivity contribution in [1.82, 2.24) is 10.2 Å². The van der Waals surface area contributed by atoms with Crippen molar-refractivity contribution in [3.8, 4) is 5.75 Å². The third-order valence-corrected chi connectivity index (χ3v) is 3.12. The molecule has 0 fully saturated rings. The maximum Gasteiger partial charge on any atom is 0.221 e. The first kappa shape index (κ1) is 17.4. The van der Waals surface area contributed by atoms with E-state index in [4.69, 9.17) is 10.5 Å². The van der Waals surface area contributed by atoms with E-state index in [1.807, 2.05) is 36.2 Å². The van der Waals surface area contributed by atoms with Gasteiger partial charge in [0.05, 0.1) is 0 Å². The highest BCUT2D eigenvalue weighted by atomic mass is 16.5. The van der Waals surface area contributed by atoms with Crippen molar-refractivity contribution >= 4 is 5.91 Å². The lowest BCUT2D eigenvalue weighted by Crippen LogP contribution is -2.35. The van der Waals surface area contributed by atoms with Gasteiger partial charge in [-0.15, -0.1) is 0 Å². The molecular weight excluding hydrogens is 270 g/mol. The Morgan fingerprint density at radius 2 is 2.10 bits per heavy atom. The van der Waals surface area contributed by atoms with Crippen LogP contribution in [0.3, 0.4) is 0 Å². The van der Waals surface area contributed by atoms with E-state index < -0.39 is 6.10 Å². The van der Waals surface area contributed by atoms with Gasteiger partial charge in [-0.3, -0.25) is 4.79 Å². The summed E-state index contributed by atoms with van der Waals surface area (Å²) in [6.45, 7) is 1.77. The number of hydrogen-bond donors (Lipinski definition) is 3. The SMILES string of the molecule is CNC(=O)CCN(C)CC(O)COc1ccc(CN)cc1. The van der Waals surface area contributed by atoms with Crippen molar-refractivity contribution in [2.24, 2.45) is 5.73 Å². The number of nitrogens with one attached hydrogen (secondary N) is 1. The van der Waals surface area contributed by atoms with Gasteiger partial charge in [0.15, 0.2) is 0 Å². The average molecular weight is 295 g/mol. The number of benzene rings is 1. The summed E-state index contributed by atoms with van der Waals surface area (Å²) in [6, 6.07) is 7.48. The molecule has 0 saturated heterocycles. The predicted octanol–water partition coefficient (Wildman–Crippen LogP) is -0.0471. The first-order valence-electron chi connectivity index (χ1n) is 7.04. The van der Waals surface area contributed by atoms with Gasteiger partial charge < -0.3 is 25.8 Å². The Bertz CT molecular complexity index is 423. The lowest BCUT2D eigenvalue weighted by molar-refractivity contribution is -0.120. The molecule has 0 bridgehead atoms. The molecule has 0 aliphatic heterocycles. The summed E-state index contributed by atoms with van der Waals surface area (Å²) in [7, 11) is 3.48. The van der Waals surface area contributed by atoms with Crippen LogP contribution in [0.1, 0.15) is 12.0 Å². The van der Waals surface area contributed by atoms with Crippen LogP contribution in [0.15, 0.2) is 24.3 Å². The van der Waals surface area contributed by atoms with E-state index in [0.29, 0.717) is 31.8 Å². The first-order chi connectivity index (χ1) is 10.0. The quantitative estimate of drug-likeness (QED) is 0.595. The number of aliphatic hydroxyl groups is 1. The topological polar surface area (TPSA) is 87.8 Å². The molecule has 1 amide bonds. The highest BCUT2D eigenvalue weighted by molar-refractivity contribution is 5.75. The van der Waals surface area contributed by atoms with Crippen LogP contribution in [0.5, 0.6) is 5.75 Å². The van der Waals surface area contributed by atoms with E-state index in [2.05, 4.69) is 5.32 Å². The van der Waals surface area contributed by atoms with Gasteiger partial charge in [0.25, 0.3) is 0 Å². The number of aliphatic hydroxyl groups excluding tert-OH is 1. The number of likely N-dealkylation sites (N-methyl/N-ethyl adjacent to an activating group) is 1. The summed E-state index contributed by atoms with van der Waals surface area (Å²) in [6.07, 6.45) is -0.185. The second-order valence-corrected chi connectivity index (χ2v) is 5.00. The monoisotopic (exact) mass is 295 g/mol. The zero-order valence-electron chi connectivity index (χ0n) is 12.7. The molecule has 6 nitrogen and oxygen atoms in total. The van der Waals surface area contributed by atoms with Crippen LogP contribution in [-0.2, 0) is 11.3 Å². The fourth-order valence-corrected chi connectivity index (χ4v) is 1.84. The molecular formula is C15H25N3O3. The summed E-state index contributed by atoms with van der Waals surface area (Å²) < 4.78 is 5.52. The Labute approximate surface area is 125 Å². The van der Waals surface area contributed by atoms with Gasteiger partial charge in [-0.1, -0.05) is 12.1 Å². The maximum absolute atomic E-state index is 11.1. The van der Waals surface area contributed by atoms with E-state index in [1.165, 1.54) is 0 Å². The van der Waals surface area contributed by atoms with Gasteiger partial charge in [-0.2, -0.15) is 0 Å². The average Bonchev–Trinajstić information content (AvgIpc) is 2.51. The van der Waals surface area contributed by atoms with Crippen LogP contribution in [-0.4, -0.2) is 55.8 Å². The first-order valence-corrected chi connectivity index (χ1v) is 7.04. The molecule has 0 saturated carbocycles. The molecule has 0 spiro atoms. The molecule has 1 atom stereocenters. The number of amides is 1. The molecule has 1 aromatic rings. The summed E-state index contributed by atoms with van der Waals surface area (Å²) in [5.41, 5.74) is 6.56. The third-order valence-electron chi connectivity index (χ3n) is 3.12. The van der Waals surface area contributed by atoms with Crippen LogP contribution in [0.25, 0.3) is 0 Å². The predicted molar refractivity (Wildman–Crippen MR) is 82.0 cm³/mol. The van der Waals surface area contributed by atoms with E-state index in [1.54, 1.807) is 7.05 Å². The summed E-state index contributed by atoms with van der Waals surface area (Å²) in [5, 5.41) is 12.5. The highest BCUT2D eigenvalue weighted by Crippen LogP contribution is 2.12. The minimum absolute atomic E-state index is 0.00687. The molecule has 118 valence electrons. The van der Waals surface area contributed by atoms with E-state index >= 15 is 0 Å². The molecule has 0 aliphatic rings. The third kappa shape index (κ3) is 7.08. The van der Waals surface area contributed by atoms with Crippen molar-refractivity contribution in [2.75, 3.05) is 33.8 Å². The van der Waals surface area contributed by atoms with Crippen LogP contribution >= 0.6 is 0 Å². The number of nitrogens with zero attached hydrogens (tertiary/aromatic N) is 1. The second-order valence-electron chi connectivity index (χ2n) is 5.00. The van der Waals surface area contributed by atoms with Crippen LogP contribution in [0.4, 0.5) is 0 Å². The lowest BCUT2D eigenvalue weighted by atomic mass is 10.2. The Hall–Kier alpha value is -1.63. The molecule has 6 heteroatoms. The molecule has 4 N–H and O–H groups in total. The standard InChI is InChI=1S/C15H25N3O3/c1-17-15(20)7-8-18(2)10-13(19)11-21-14-5-3-12(9-16)4-6-14/h3-6,13,19H,7-11,16H2,1-2H3,(H,17,20). The Morgan fingerprint density at radius 1 is 1.43 bits per heavy atom. The van der Waals surface area contributed by atoms with Crippen LogP contribution < -0.4 is 15.8 Å². The minimum atomic E-state index is -0.603. The fourth-order valence-electron chi connectivity index (χ4n) is 1.84. The normalized spacial score (nSPS) is 12.2. The Kier molecular flexibility index (Phi) is 7.74. The Balaban J connectivity index is 2.26. The maximum atomic E-state index is 11.1. The zero-order valence-corrected chi connectivity index (χ0v) is 12.7. The number of ether oxygens (including phenoxy) is 1. The largest absolute Gasteiger partial charge is 0.491 e. The highest BCUT2D eigenvalue weighted by Gasteiger charge is 2.10. The van der Waals surface area contributed by atoms with Crippen LogP contribution in [0, 0.1) is 0 Å². The zero-order chi connectivity index (χ0) is 15.7. The smallest absolute Gasteiger partial charge is 0.221 e. The van der Waals surface area contributed by atoms with Gasteiger partial charge in [-0.05, 0) is 24.7 Å². The van der Waals surface area contributed by atoms with Gasteiger partial charge in [0.1, 0.15) is 18.5 Å². The van der Waals surface area contributed by atoms with Gasteiger partial charge >= 0.3 is 0 Å². The number of carbonyl (C=O) groups excluding carboxylic acids is 1. The van der Waals surface area contributed by atoms with Crippen molar-refractivity contribution in [3.63, 3.8) is 0 Å². The number of nitrogens with two attached hydrogens (primary N) is 1. The van der Waals surface area contributed by atoms with Gasteiger partial charge in [0, 0.05) is 33.1 Å². The van der Waals surface area contributed by atoms with Gasteiger partial charge in [-0.25, -0.2) is 0 Å². The Morgan fingerprint density at radius 3 is 2.67 bits per heavy atom. The lowest BCUT2D eigenvalue weighted by Gasteiger charge is -2.20. The van der Waals surface area contributed by atoms with Crippen LogP contribution in [0.2, 0.25) is 0 Å². The second kappa shape index (κ2) is 9.33. The number of hydrogen-bond acceptors (Lipinski definition) is 5. The molecule has 0 aliphatic carbocycles. The molecule has 1 rings (SSSR count). The molecule has 0 radical (unpaired) electrons. The molecule has 1 aromatic carbocycles. The molecule has 21 heavy (non-hydrogen) atoms. The molecule has 0 aromatic heterocycles. The fraction of sp³-hybridized carbons (Fsp3) is 0.533. The molecule has 1 unspecified atom stereocenters. The molecule has 0 heterocycles. The van der Waals surface area contributed by atoms with E-state index in [-0.39, 0.29) is 12.5 Å². The van der Waals surface area contributed by atoms with E-state index in [0.717, 1.165) is 5.56 Å². The van der Waals surface area contributed by atoms with Gasteiger partial charge in [0.2, 0.25) is 5.91 Å². The number of carbonyl (C=O) groups is 1. The van der Waals surface area contributed by atoms with Crippen molar-refractivity contribution in [1.29, 1.82) is 0 Å². The van der Waals surface area contributed by atoms with Crippen molar-refractivity contribution < 1.29 is 14.6 Å². The van der Waals surface area contributed by atoms with Crippen molar-refractivity contribution in [3.05, 3.63) is 29.8 Å².